The standard InChI is InChI=1S/C20H22N6/c1-16-8-9-19(24-23-16)26-13-5-12-25(14-15-26)18-10-11-21-20(22-18)17-6-3-2-4-7-17/h2-4,6-11H,5,12-15H2,1H3. The first-order valence-electron chi connectivity index (χ1n) is 8.98. The fraction of sp³-hybridized carbons (Fsp3) is 0.300. The first-order valence-corrected chi connectivity index (χ1v) is 8.98. The first-order chi connectivity index (χ1) is 12.8. The molecular weight excluding hydrogens is 324 g/mol. The Kier molecular flexibility index (Phi) is 4.73. The van der Waals surface area contributed by atoms with Gasteiger partial charge in [-0.25, -0.2) is 9.97 Å². The summed E-state index contributed by atoms with van der Waals surface area (Å²) in [5.41, 5.74) is 1.99. The molecule has 0 N–H and O–H groups in total. The quantitative estimate of drug-likeness (QED) is 0.727. The van der Waals surface area contributed by atoms with Crippen LogP contribution >= 0.6 is 0 Å². The molecule has 6 nitrogen and oxygen atoms in total. The molecule has 3 heterocycles. The van der Waals surface area contributed by atoms with Crippen molar-refractivity contribution in [2.24, 2.45) is 0 Å². The lowest BCUT2D eigenvalue weighted by Gasteiger charge is -2.23. The molecule has 1 aliphatic heterocycles. The summed E-state index contributed by atoms with van der Waals surface area (Å²) in [5.74, 6) is 2.70. The molecule has 6 heteroatoms. The minimum absolute atomic E-state index is 0.772. The SMILES string of the molecule is Cc1ccc(N2CCCN(c3ccnc(-c4ccccc4)n3)CC2)nn1. The molecule has 0 amide bonds. The summed E-state index contributed by atoms with van der Waals surface area (Å²) in [6.07, 6.45) is 2.90. The van der Waals surface area contributed by atoms with Gasteiger partial charge in [-0.15, -0.1) is 5.10 Å². The molecule has 3 aromatic rings. The predicted octanol–water partition coefficient (Wildman–Crippen LogP) is 2.96. The summed E-state index contributed by atoms with van der Waals surface area (Å²) in [5, 5.41) is 8.51. The Morgan fingerprint density at radius 2 is 1.54 bits per heavy atom. The van der Waals surface area contributed by atoms with Crippen LogP contribution in [-0.4, -0.2) is 46.3 Å². The Morgan fingerprint density at radius 3 is 2.27 bits per heavy atom. The van der Waals surface area contributed by atoms with Crippen molar-refractivity contribution in [2.45, 2.75) is 13.3 Å². The Labute approximate surface area is 153 Å². The van der Waals surface area contributed by atoms with Gasteiger partial charge in [0.25, 0.3) is 0 Å². The summed E-state index contributed by atoms with van der Waals surface area (Å²) in [4.78, 5) is 13.8. The zero-order chi connectivity index (χ0) is 17.8. The highest BCUT2D eigenvalue weighted by molar-refractivity contribution is 5.57. The fourth-order valence-electron chi connectivity index (χ4n) is 3.19. The van der Waals surface area contributed by atoms with Crippen LogP contribution in [0.5, 0.6) is 0 Å². The van der Waals surface area contributed by atoms with E-state index < -0.39 is 0 Å². The van der Waals surface area contributed by atoms with Crippen molar-refractivity contribution < 1.29 is 0 Å². The van der Waals surface area contributed by atoms with E-state index in [0.29, 0.717) is 0 Å². The molecule has 26 heavy (non-hydrogen) atoms. The van der Waals surface area contributed by atoms with Gasteiger partial charge in [0.1, 0.15) is 5.82 Å². The number of anilines is 2. The fourth-order valence-corrected chi connectivity index (χ4v) is 3.19. The van der Waals surface area contributed by atoms with Crippen LogP contribution in [0.1, 0.15) is 12.1 Å². The molecule has 132 valence electrons. The molecule has 0 aliphatic carbocycles. The third-order valence-corrected chi connectivity index (χ3v) is 4.60. The highest BCUT2D eigenvalue weighted by Gasteiger charge is 2.18. The normalized spacial score (nSPS) is 15.0. The molecule has 4 rings (SSSR count). The average molecular weight is 346 g/mol. The van der Waals surface area contributed by atoms with Gasteiger partial charge in [0, 0.05) is 37.9 Å². The summed E-state index contributed by atoms with van der Waals surface area (Å²) >= 11 is 0. The van der Waals surface area contributed by atoms with E-state index in [2.05, 4.69) is 31.0 Å². The molecule has 1 aliphatic rings. The average Bonchev–Trinajstić information content (AvgIpc) is 2.96. The van der Waals surface area contributed by atoms with Crippen LogP contribution in [0.25, 0.3) is 11.4 Å². The lowest BCUT2D eigenvalue weighted by atomic mass is 10.2. The van der Waals surface area contributed by atoms with Crippen molar-refractivity contribution in [3.05, 3.63) is 60.4 Å². The lowest BCUT2D eigenvalue weighted by molar-refractivity contribution is 0.782. The van der Waals surface area contributed by atoms with E-state index in [1.807, 2.05) is 55.6 Å². The topological polar surface area (TPSA) is 58.0 Å². The van der Waals surface area contributed by atoms with Crippen LogP contribution in [0.3, 0.4) is 0 Å². The summed E-state index contributed by atoms with van der Waals surface area (Å²) < 4.78 is 0. The number of benzene rings is 1. The molecule has 2 aromatic heterocycles. The molecule has 0 saturated carbocycles. The van der Waals surface area contributed by atoms with Gasteiger partial charge in [-0.05, 0) is 31.5 Å². The van der Waals surface area contributed by atoms with Gasteiger partial charge < -0.3 is 9.80 Å². The van der Waals surface area contributed by atoms with E-state index in [9.17, 15) is 0 Å². The molecule has 1 saturated heterocycles. The van der Waals surface area contributed by atoms with E-state index in [-0.39, 0.29) is 0 Å². The van der Waals surface area contributed by atoms with Crippen LogP contribution in [0.4, 0.5) is 11.6 Å². The van der Waals surface area contributed by atoms with Crippen LogP contribution in [-0.2, 0) is 0 Å². The van der Waals surface area contributed by atoms with E-state index >= 15 is 0 Å². The predicted molar refractivity (Wildman–Crippen MR) is 103 cm³/mol. The second-order valence-electron chi connectivity index (χ2n) is 6.47. The first kappa shape index (κ1) is 16.4. The Bertz CT molecular complexity index is 850. The number of rotatable bonds is 3. The van der Waals surface area contributed by atoms with Crippen LogP contribution in [0.2, 0.25) is 0 Å². The van der Waals surface area contributed by atoms with Gasteiger partial charge in [-0.1, -0.05) is 30.3 Å². The molecule has 0 radical (unpaired) electrons. The summed E-state index contributed by atoms with van der Waals surface area (Å²) in [6.45, 7) is 5.72. The number of nitrogens with zero attached hydrogens (tertiary/aromatic N) is 6. The van der Waals surface area contributed by atoms with Gasteiger partial charge in [0.05, 0.1) is 5.69 Å². The Hall–Kier alpha value is -3.02. The second kappa shape index (κ2) is 7.47. The monoisotopic (exact) mass is 346 g/mol. The van der Waals surface area contributed by atoms with Gasteiger partial charge in [0.2, 0.25) is 0 Å². The Morgan fingerprint density at radius 1 is 0.769 bits per heavy atom. The largest absolute Gasteiger partial charge is 0.355 e. The maximum atomic E-state index is 4.79. The van der Waals surface area contributed by atoms with Gasteiger partial charge >= 0.3 is 0 Å². The summed E-state index contributed by atoms with van der Waals surface area (Å²) in [7, 11) is 0. The van der Waals surface area contributed by atoms with Crippen molar-refractivity contribution in [2.75, 3.05) is 36.0 Å². The molecule has 0 spiro atoms. The molecule has 0 atom stereocenters. The van der Waals surface area contributed by atoms with E-state index in [0.717, 1.165) is 61.3 Å². The Balaban J connectivity index is 1.50. The van der Waals surface area contributed by atoms with E-state index in [1.54, 1.807) is 0 Å². The third kappa shape index (κ3) is 3.64. The van der Waals surface area contributed by atoms with Crippen LogP contribution < -0.4 is 9.80 Å². The second-order valence-corrected chi connectivity index (χ2v) is 6.47. The summed E-state index contributed by atoms with van der Waals surface area (Å²) in [6, 6.07) is 16.2. The van der Waals surface area contributed by atoms with E-state index in [1.165, 1.54) is 0 Å². The van der Waals surface area contributed by atoms with Crippen molar-refractivity contribution in [3.8, 4) is 11.4 Å². The number of hydrogen-bond donors (Lipinski definition) is 0. The maximum absolute atomic E-state index is 4.79. The molecule has 0 bridgehead atoms. The van der Waals surface area contributed by atoms with Crippen LogP contribution in [0, 0.1) is 6.92 Å². The zero-order valence-corrected chi connectivity index (χ0v) is 14.9. The van der Waals surface area contributed by atoms with E-state index in [4.69, 9.17) is 4.98 Å². The maximum Gasteiger partial charge on any atom is 0.161 e. The molecule has 0 unspecified atom stereocenters. The van der Waals surface area contributed by atoms with Crippen molar-refractivity contribution in [1.29, 1.82) is 0 Å². The highest BCUT2D eigenvalue weighted by Crippen LogP contribution is 2.20. The molecular formula is C20H22N6. The number of aryl methyl sites for hydroxylation is 1. The van der Waals surface area contributed by atoms with Gasteiger partial charge in [0.15, 0.2) is 11.6 Å². The number of hydrogen-bond acceptors (Lipinski definition) is 6. The van der Waals surface area contributed by atoms with Crippen molar-refractivity contribution >= 4 is 11.6 Å². The molecule has 1 fully saturated rings. The third-order valence-electron chi connectivity index (χ3n) is 4.60. The van der Waals surface area contributed by atoms with Gasteiger partial charge in [-0.3, -0.25) is 0 Å². The van der Waals surface area contributed by atoms with Crippen molar-refractivity contribution in [3.63, 3.8) is 0 Å². The molecule has 1 aromatic carbocycles. The minimum atomic E-state index is 0.772. The minimum Gasteiger partial charge on any atom is -0.355 e. The lowest BCUT2D eigenvalue weighted by Crippen LogP contribution is -2.31. The number of aromatic nitrogens is 4. The highest BCUT2D eigenvalue weighted by atomic mass is 15.3. The van der Waals surface area contributed by atoms with Crippen LogP contribution in [0.15, 0.2) is 54.7 Å². The smallest absolute Gasteiger partial charge is 0.161 e. The van der Waals surface area contributed by atoms with Gasteiger partial charge in [-0.2, -0.15) is 5.10 Å². The van der Waals surface area contributed by atoms with Crippen molar-refractivity contribution in [1.82, 2.24) is 20.2 Å². The zero-order valence-electron chi connectivity index (χ0n) is 14.9.